The molecule has 0 spiro atoms. The number of benzene rings is 1. The van der Waals surface area contributed by atoms with E-state index in [1.165, 1.54) is 31.2 Å². The van der Waals surface area contributed by atoms with E-state index in [0.29, 0.717) is 5.46 Å². The molecule has 18 heavy (non-hydrogen) atoms. The van der Waals surface area contributed by atoms with Gasteiger partial charge in [-0.25, -0.2) is 0 Å². The Morgan fingerprint density at radius 2 is 1.78 bits per heavy atom. The van der Waals surface area contributed by atoms with Gasteiger partial charge in [0.1, 0.15) is 0 Å². The van der Waals surface area contributed by atoms with Crippen LogP contribution in [0.4, 0.5) is 0 Å². The van der Waals surface area contributed by atoms with E-state index in [0.717, 1.165) is 19.1 Å². The van der Waals surface area contributed by atoms with Crippen LogP contribution in [0.3, 0.4) is 0 Å². The fourth-order valence-corrected chi connectivity index (χ4v) is 2.80. The summed E-state index contributed by atoms with van der Waals surface area (Å²) in [5.41, 5.74) is 1.80. The molecule has 1 aliphatic carbocycles. The van der Waals surface area contributed by atoms with Crippen molar-refractivity contribution < 1.29 is 10.0 Å². The molecule has 0 radical (unpaired) electrons. The van der Waals surface area contributed by atoms with E-state index in [4.69, 9.17) is 10.0 Å². The van der Waals surface area contributed by atoms with Crippen molar-refractivity contribution in [1.29, 1.82) is 0 Å². The standard InChI is InChI=1S/C14H22BNO2/c1-2-16(14-5-3-4-6-14)11-12-7-9-13(10-8-12)15(17)18/h7-10,14,17-18H,2-6,11H2,1H3. The SMILES string of the molecule is CCN(Cc1ccc(B(O)O)cc1)C1CCCC1. The molecule has 3 nitrogen and oxygen atoms in total. The average molecular weight is 247 g/mol. The van der Waals surface area contributed by atoms with Gasteiger partial charge in [0.15, 0.2) is 0 Å². The van der Waals surface area contributed by atoms with E-state index < -0.39 is 7.12 Å². The molecule has 0 saturated heterocycles. The van der Waals surface area contributed by atoms with Gasteiger partial charge in [0.2, 0.25) is 0 Å². The quantitative estimate of drug-likeness (QED) is 0.766. The minimum Gasteiger partial charge on any atom is -0.423 e. The van der Waals surface area contributed by atoms with Crippen molar-refractivity contribution in [2.45, 2.75) is 45.2 Å². The van der Waals surface area contributed by atoms with E-state index in [1.54, 1.807) is 12.1 Å². The van der Waals surface area contributed by atoms with Gasteiger partial charge in [0.25, 0.3) is 0 Å². The zero-order chi connectivity index (χ0) is 13.0. The van der Waals surface area contributed by atoms with Gasteiger partial charge in [-0.15, -0.1) is 0 Å². The summed E-state index contributed by atoms with van der Waals surface area (Å²) < 4.78 is 0. The van der Waals surface area contributed by atoms with Crippen LogP contribution in [-0.2, 0) is 6.54 Å². The predicted octanol–water partition coefficient (Wildman–Crippen LogP) is 1.13. The lowest BCUT2D eigenvalue weighted by Crippen LogP contribution is -2.33. The van der Waals surface area contributed by atoms with Crippen LogP contribution in [0.1, 0.15) is 38.2 Å². The second-order valence-corrected chi connectivity index (χ2v) is 5.12. The Morgan fingerprint density at radius 3 is 2.28 bits per heavy atom. The molecular weight excluding hydrogens is 225 g/mol. The molecule has 2 rings (SSSR count). The van der Waals surface area contributed by atoms with Crippen molar-refractivity contribution in [2.24, 2.45) is 0 Å². The lowest BCUT2D eigenvalue weighted by atomic mass is 9.80. The summed E-state index contributed by atoms with van der Waals surface area (Å²) in [6, 6.07) is 8.31. The summed E-state index contributed by atoms with van der Waals surface area (Å²) in [6.45, 7) is 4.25. The molecule has 1 saturated carbocycles. The van der Waals surface area contributed by atoms with Crippen LogP contribution in [0.2, 0.25) is 0 Å². The van der Waals surface area contributed by atoms with Crippen molar-refractivity contribution >= 4 is 12.6 Å². The second-order valence-electron chi connectivity index (χ2n) is 5.12. The Labute approximate surface area is 110 Å². The van der Waals surface area contributed by atoms with Crippen LogP contribution in [0.5, 0.6) is 0 Å². The highest BCUT2D eigenvalue weighted by atomic mass is 16.4. The summed E-state index contributed by atoms with van der Waals surface area (Å²) >= 11 is 0. The van der Waals surface area contributed by atoms with Crippen LogP contribution in [0.25, 0.3) is 0 Å². The molecule has 1 fully saturated rings. The van der Waals surface area contributed by atoms with Gasteiger partial charge in [-0.05, 0) is 30.4 Å². The van der Waals surface area contributed by atoms with E-state index in [9.17, 15) is 0 Å². The molecule has 0 aliphatic heterocycles. The summed E-state index contributed by atoms with van der Waals surface area (Å²) in [5, 5.41) is 18.1. The minimum atomic E-state index is -1.36. The van der Waals surface area contributed by atoms with Crippen molar-refractivity contribution in [3.63, 3.8) is 0 Å². The first-order chi connectivity index (χ1) is 8.70. The molecule has 1 aromatic carbocycles. The number of hydrogen-bond donors (Lipinski definition) is 2. The molecule has 0 unspecified atom stereocenters. The average Bonchev–Trinajstić information content (AvgIpc) is 2.90. The molecule has 2 N–H and O–H groups in total. The molecule has 0 aromatic heterocycles. The summed E-state index contributed by atoms with van der Waals surface area (Å²) in [6.07, 6.45) is 5.36. The maximum absolute atomic E-state index is 9.06. The Kier molecular flexibility index (Phi) is 4.81. The van der Waals surface area contributed by atoms with Crippen molar-refractivity contribution in [2.75, 3.05) is 6.54 Å². The Hall–Kier alpha value is -0.835. The maximum atomic E-state index is 9.06. The lowest BCUT2D eigenvalue weighted by Gasteiger charge is -2.27. The third kappa shape index (κ3) is 3.34. The smallest absolute Gasteiger partial charge is 0.423 e. The van der Waals surface area contributed by atoms with E-state index >= 15 is 0 Å². The minimum absolute atomic E-state index is 0.558. The van der Waals surface area contributed by atoms with Crippen LogP contribution in [0.15, 0.2) is 24.3 Å². The molecule has 0 heterocycles. The highest BCUT2D eigenvalue weighted by Crippen LogP contribution is 2.24. The fraction of sp³-hybridized carbons (Fsp3) is 0.571. The van der Waals surface area contributed by atoms with Gasteiger partial charge < -0.3 is 10.0 Å². The number of rotatable bonds is 5. The second kappa shape index (κ2) is 6.37. The van der Waals surface area contributed by atoms with Crippen LogP contribution < -0.4 is 5.46 Å². The van der Waals surface area contributed by atoms with Crippen molar-refractivity contribution in [3.05, 3.63) is 29.8 Å². The first kappa shape index (κ1) is 13.6. The molecule has 4 heteroatoms. The summed E-state index contributed by atoms with van der Waals surface area (Å²) in [7, 11) is -1.36. The first-order valence-corrected chi connectivity index (χ1v) is 6.89. The van der Waals surface area contributed by atoms with E-state index in [2.05, 4.69) is 11.8 Å². The van der Waals surface area contributed by atoms with Crippen molar-refractivity contribution in [3.8, 4) is 0 Å². The van der Waals surface area contributed by atoms with Crippen molar-refractivity contribution in [1.82, 2.24) is 4.90 Å². The van der Waals surface area contributed by atoms with Crippen LogP contribution in [0, 0.1) is 0 Å². The Balaban J connectivity index is 1.98. The molecule has 1 aliphatic rings. The van der Waals surface area contributed by atoms with Gasteiger partial charge in [0, 0.05) is 12.6 Å². The molecule has 0 amide bonds. The van der Waals surface area contributed by atoms with Crippen LogP contribution in [-0.4, -0.2) is 34.7 Å². The third-order valence-corrected chi connectivity index (χ3v) is 3.91. The highest BCUT2D eigenvalue weighted by Gasteiger charge is 2.21. The largest absolute Gasteiger partial charge is 0.488 e. The molecule has 98 valence electrons. The normalized spacial score (nSPS) is 16.4. The third-order valence-electron chi connectivity index (χ3n) is 3.91. The first-order valence-electron chi connectivity index (χ1n) is 6.89. The van der Waals surface area contributed by atoms with Crippen LogP contribution >= 0.6 is 0 Å². The predicted molar refractivity (Wildman–Crippen MR) is 74.6 cm³/mol. The number of hydrogen-bond acceptors (Lipinski definition) is 3. The topological polar surface area (TPSA) is 43.7 Å². The fourth-order valence-electron chi connectivity index (χ4n) is 2.80. The van der Waals surface area contributed by atoms with Gasteiger partial charge in [-0.3, -0.25) is 4.90 Å². The maximum Gasteiger partial charge on any atom is 0.488 e. The molecule has 0 bridgehead atoms. The van der Waals surface area contributed by atoms with Gasteiger partial charge >= 0.3 is 7.12 Å². The Bertz CT molecular complexity index is 361. The number of nitrogens with zero attached hydrogens (tertiary/aromatic N) is 1. The molecular formula is C14H22BNO2. The Morgan fingerprint density at radius 1 is 1.17 bits per heavy atom. The van der Waals surface area contributed by atoms with Gasteiger partial charge in [-0.2, -0.15) is 0 Å². The highest BCUT2D eigenvalue weighted by molar-refractivity contribution is 6.58. The zero-order valence-electron chi connectivity index (χ0n) is 11.0. The summed E-state index contributed by atoms with van der Waals surface area (Å²) in [4.78, 5) is 2.53. The van der Waals surface area contributed by atoms with Gasteiger partial charge in [0.05, 0.1) is 0 Å². The molecule has 1 aromatic rings. The monoisotopic (exact) mass is 247 g/mol. The summed E-state index contributed by atoms with van der Waals surface area (Å²) in [5.74, 6) is 0. The van der Waals surface area contributed by atoms with Gasteiger partial charge in [-0.1, -0.05) is 44.0 Å². The van der Waals surface area contributed by atoms with E-state index in [1.807, 2.05) is 12.1 Å². The zero-order valence-corrected chi connectivity index (χ0v) is 11.0. The molecule has 0 atom stereocenters. The van der Waals surface area contributed by atoms with E-state index in [-0.39, 0.29) is 0 Å². The lowest BCUT2D eigenvalue weighted by molar-refractivity contribution is 0.200.